The van der Waals surface area contributed by atoms with Gasteiger partial charge < -0.3 is 9.84 Å². The maximum Gasteiger partial charge on any atom is 0.348 e. The first-order valence-corrected chi connectivity index (χ1v) is 10.4. The fourth-order valence-corrected chi connectivity index (χ4v) is 4.94. The van der Waals surface area contributed by atoms with E-state index in [1.54, 1.807) is 6.92 Å². The number of allylic oxidation sites excluding steroid dienone is 1. The predicted octanol–water partition coefficient (Wildman–Crippen LogP) is 5.17. The molecule has 1 aliphatic carbocycles. The van der Waals surface area contributed by atoms with Gasteiger partial charge in [-0.1, -0.05) is 19.3 Å². The molecule has 1 N–H and O–H groups in total. The number of carbonyl (C=O) groups excluding carboxylic acids is 2. The Kier molecular flexibility index (Phi) is 7.37. The smallest absolute Gasteiger partial charge is 0.348 e. The highest BCUT2D eigenvalue weighted by Crippen LogP contribution is 2.39. The number of hydrogen-bond acceptors (Lipinski definition) is 6. The standard InChI is InChI=1S/C18H24O4S2/c1-3-22-17(21)16-13-10-8-6-4-5-7-9-12(11-19)15(20)14(13)18(23-2)24-16/h11,19H,3-10H2,1-2H3. The number of fused-ring (bicyclic) bond motifs is 1. The van der Waals surface area contributed by atoms with E-state index in [0.717, 1.165) is 48.1 Å². The number of aliphatic hydroxyl groups is 1. The zero-order chi connectivity index (χ0) is 17.5. The molecule has 4 nitrogen and oxygen atoms in total. The van der Waals surface area contributed by atoms with Crippen LogP contribution in [0.25, 0.3) is 0 Å². The summed E-state index contributed by atoms with van der Waals surface area (Å²) in [5, 5.41) is 9.52. The molecule has 132 valence electrons. The van der Waals surface area contributed by atoms with Gasteiger partial charge >= 0.3 is 5.97 Å². The average molecular weight is 369 g/mol. The lowest BCUT2D eigenvalue weighted by molar-refractivity contribution is 0.0531. The zero-order valence-corrected chi connectivity index (χ0v) is 15.9. The minimum absolute atomic E-state index is 0.148. The number of esters is 1. The molecule has 1 aromatic heterocycles. The molecule has 0 radical (unpaired) electrons. The van der Waals surface area contributed by atoms with Gasteiger partial charge in [0.05, 0.1) is 22.6 Å². The lowest BCUT2D eigenvalue weighted by Gasteiger charge is -2.08. The molecular weight excluding hydrogens is 344 g/mol. The van der Waals surface area contributed by atoms with Gasteiger partial charge in [0.1, 0.15) is 4.88 Å². The Bertz CT molecular complexity index is 631. The van der Waals surface area contributed by atoms with Gasteiger partial charge in [0.15, 0.2) is 5.78 Å². The van der Waals surface area contributed by atoms with Crippen molar-refractivity contribution < 1.29 is 19.4 Å². The quantitative estimate of drug-likeness (QED) is 0.345. The third-order valence-electron chi connectivity index (χ3n) is 4.17. The van der Waals surface area contributed by atoms with Gasteiger partial charge in [0.25, 0.3) is 0 Å². The summed E-state index contributed by atoms with van der Waals surface area (Å²) in [6, 6.07) is 0. The Hall–Kier alpha value is -1.27. The predicted molar refractivity (Wildman–Crippen MR) is 98.5 cm³/mol. The van der Waals surface area contributed by atoms with Gasteiger partial charge in [-0.15, -0.1) is 23.1 Å². The van der Waals surface area contributed by atoms with Crippen LogP contribution in [0.5, 0.6) is 0 Å². The molecule has 1 heterocycles. The Balaban J connectivity index is 2.54. The number of thioether (sulfide) groups is 1. The molecule has 24 heavy (non-hydrogen) atoms. The SMILES string of the molecule is CCOC(=O)c1sc(SC)c2c1CCCCCCCC(=CO)C2=O. The van der Waals surface area contributed by atoms with Crippen molar-refractivity contribution in [2.45, 2.75) is 56.1 Å². The molecule has 0 atom stereocenters. The third kappa shape index (κ3) is 4.22. The molecule has 0 aliphatic heterocycles. The lowest BCUT2D eigenvalue weighted by atomic mass is 9.96. The highest BCUT2D eigenvalue weighted by atomic mass is 32.2. The molecule has 0 amide bonds. The second kappa shape index (κ2) is 9.28. The molecule has 0 bridgehead atoms. The molecule has 1 aromatic rings. The van der Waals surface area contributed by atoms with Crippen molar-refractivity contribution in [3.8, 4) is 0 Å². The second-order valence-electron chi connectivity index (χ2n) is 5.75. The number of carbonyl (C=O) groups is 2. The van der Waals surface area contributed by atoms with Gasteiger partial charge in [-0.3, -0.25) is 4.79 Å². The monoisotopic (exact) mass is 368 g/mol. The highest BCUT2D eigenvalue weighted by molar-refractivity contribution is 8.00. The Labute approximate surface area is 151 Å². The van der Waals surface area contributed by atoms with Gasteiger partial charge in [0, 0.05) is 5.57 Å². The van der Waals surface area contributed by atoms with Crippen LogP contribution in [0.2, 0.25) is 0 Å². The van der Waals surface area contributed by atoms with Gasteiger partial charge in [-0.25, -0.2) is 4.79 Å². The van der Waals surface area contributed by atoms with E-state index in [4.69, 9.17) is 4.74 Å². The molecule has 0 saturated heterocycles. The first-order chi connectivity index (χ1) is 11.6. The fourth-order valence-electron chi connectivity index (χ4n) is 2.96. The molecule has 0 aromatic carbocycles. The molecule has 0 spiro atoms. The zero-order valence-electron chi connectivity index (χ0n) is 14.2. The Morgan fingerprint density at radius 3 is 2.54 bits per heavy atom. The Morgan fingerprint density at radius 1 is 1.25 bits per heavy atom. The highest BCUT2D eigenvalue weighted by Gasteiger charge is 2.29. The topological polar surface area (TPSA) is 63.6 Å². The van der Waals surface area contributed by atoms with Crippen LogP contribution in [0.3, 0.4) is 0 Å². The molecule has 0 saturated carbocycles. The summed E-state index contributed by atoms with van der Waals surface area (Å²) < 4.78 is 6.01. The molecule has 0 unspecified atom stereocenters. The van der Waals surface area contributed by atoms with E-state index in [-0.39, 0.29) is 11.8 Å². The van der Waals surface area contributed by atoms with E-state index in [0.29, 0.717) is 35.5 Å². The average Bonchev–Trinajstić information content (AvgIpc) is 2.94. The maximum atomic E-state index is 13.0. The molecule has 1 aliphatic rings. The third-order valence-corrected chi connectivity index (χ3v) is 6.50. The van der Waals surface area contributed by atoms with E-state index >= 15 is 0 Å². The largest absolute Gasteiger partial charge is 0.515 e. The van der Waals surface area contributed by atoms with E-state index in [1.807, 2.05) is 6.26 Å². The van der Waals surface area contributed by atoms with Crippen LogP contribution in [0, 0.1) is 0 Å². The van der Waals surface area contributed by atoms with Crippen LogP contribution in [0.4, 0.5) is 0 Å². The Morgan fingerprint density at radius 2 is 1.92 bits per heavy atom. The number of hydrogen-bond donors (Lipinski definition) is 1. The van der Waals surface area contributed by atoms with Crippen molar-refractivity contribution >= 4 is 34.9 Å². The number of Topliss-reactive ketones (excluding diaryl/α,β-unsaturated/α-hetero) is 1. The summed E-state index contributed by atoms with van der Waals surface area (Å²) in [6.45, 7) is 2.09. The number of aliphatic hydroxyl groups excluding tert-OH is 1. The van der Waals surface area contributed by atoms with E-state index in [2.05, 4.69) is 0 Å². The van der Waals surface area contributed by atoms with Gasteiger partial charge in [0.2, 0.25) is 0 Å². The molecule has 6 heteroatoms. The second-order valence-corrected chi connectivity index (χ2v) is 7.84. The minimum Gasteiger partial charge on any atom is -0.515 e. The van der Waals surface area contributed by atoms with Crippen molar-refractivity contribution in [3.63, 3.8) is 0 Å². The number of thiophene rings is 1. The van der Waals surface area contributed by atoms with Gasteiger partial charge in [-0.2, -0.15) is 0 Å². The van der Waals surface area contributed by atoms with Crippen LogP contribution in [-0.4, -0.2) is 29.7 Å². The van der Waals surface area contributed by atoms with Crippen molar-refractivity contribution in [3.05, 3.63) is 27.8 Å². The van der Waals surface area contributed by atoms with Crippen molar-refractivity contribution in [2.75, 3.05) is 12.9 Å². The summed E-state index contributed by atoms with van der Waals surface area (Å²) in [5.74, 6) is -0.498. The number of ketones is 1. The summed E-state index contributed by atoms with van der Waals surface area (Å²) in [7, 11) is 0. The summed E-state index contributed by atoms with van der Waals surface area (Å²) >= 11 is 2.81. The summed E-state index contributed by atoms with van der Waals surface area (Å²) in [5.41, 5.74) is 1.83. The number of ether oxygens (including phenoxy) is 1. The van der Waals surface area contributed by atoms with E-state index < -0.39 is 0 Å². The van der Waals surface area contributed by atoms with Crippen LogP contribution in [-0.2, 0) is 11.2 Å². The van der Waals surface area contributed by atoms with Crippen molar-refractivity contribution in [1.29, 1.82) is 0 Å². The molecule has 2 rings (SSSR count). The minimum atomic E-state index is -0.351. The normalized spacial score (nSPS) is 18.1. The molecule has 0 fully saturated rings. The first kappa shape index (κ1) is 19.1. The van der Waals surface area contributed by atoms with Crippen molar-refractivity contribution in [2.24, 2.45) is 0 Å². The van der Waals surface area contributed by atoms with Crippen molar-refractivity contribution in [1.82, 2.24) is 0 Å². The van der Waals surface area contributed by atoms with Crippen LogP contribution < -0.4 is 0 Å². The van der Waals surface area contributed by atoms with Crippen LogP contribution in [0.15, 0.2) is 16.0 Å². The van der Waals surface area contributed by atoms with E-state index in [9.17, 15) is 14.7 Å². The lowest BCUT2D eigenvalue weighted by Crippen LogP contribution is -2.10. The molecular formula is C18H24O4S2. The van der Waals surface area contributed by atoms with E-state index in [1.165, 1.54) is 23.1 Å². The van der Waals surface area contributed by atoms with Crippen LogP contribution >= 0.6 is 23.1 Å². The number of rotatable bonds is 3. The van der Waals surface area contributed by atoms with Gasteiger partial charge in [-0.05, 0) is 44.4 Å². The summed E-state index contributed by atoms with van der Waals surface area (Å²) in [4.78, 5) is 25.9. The summed E-state index contributed by atoms with van der Waals surface area (Å²) in [6.07, 6.45) is 9.22. The fraction of sp³-hybridized carbons (Fsp3) is 0.556. The first-order valence-electron chi connectivity index (χ1n) is 8.38. The maximum absolute atomic E-state index is 13.0. The van der Waals surface area contributed by atoms with Crippen LogP contribution in [0.1, 0.15) is 71.0 Å².